The quantitative estimate of drug-likeness (QED) is 0.850. The normalized spacial score (nSPS) is 33.1. The highest BCUT2D eigenvalue weighted by atomic mass is 16.6. The number of hydrogen-bond acceptors (Lipinski definition) is 5. The molecule has 0 saturated carbocycles. The highest BCUT2D eigenvalue weighted by Crippen LogP contribution is 2.45. The van der Waals surface area contributed by atoms with E-state index in [-0.39, 0.29) is 36.7 Å². The molecule has 2 bridgehead atoms. The molecule has 118 valence electrons. The summed E-state index contributed by atoms with van der Waals surface area (Å²) in [5.74, 6) is -0.0481. The highest BCUT2D eigenvalue weighted by molar-refractivity contribution is 5.97. The van der Waals surface area contributed by atoms with E-state index in [1.165, 1.54) is 0 Å². The maximum atomic E-state index is 12.6. The van der Waals surface area contributed by atoms with Crippen molar-refractivity contribution in [1.82, 2.24) is 19.6 Å². The second kappa shape index (κ2) is 4.45. The molecule has 3 aliphatic heterocycles. The van der Waals surface area contributed by atoms with E-state index in [0.29, 0.717) is 6.54 Å². The van der Waals surface area contributed by atoms with Crippen molar-refractivity contribution >= 4 is 11.7 Å². The fourth-order valence-electron chi connectivity index (χ4n) is 3.73. The van der Waals surface area contributed by atoms with Crippen LogP contribution in [0, 0.1) is 5.92 Å². The fraction of sp³-hybridized carbons (Fsp3) is 0.643. The Labute approximate surface area is 127 Å². The van der Waals surface area contributed by atoms with Crippen LogP contribution in [0.25, 0.3) is 0 Å². The van der Waals surface area contributed by atoms with Crippen LogP contribution in [0.15, 0.2) is 11.4 Å². The van der Waals surface area contributed by atoms with Gasteiger partial charge in [0.15, 0.2) is 6.10 Å². The van der Waals surface area contributed by atoms with Gasteiger partial charge < -0.3 is 19.7 Å². The Bertz CT molecular complexity index is 669. The molecule has 1 N–H and O–H groups in total. The van der Waals surface area contributed by atoms with Gasteiger partial charge >= 0.3 is 6.03 Å². The number of oxime groups is 1. The number of aryl methyl sites for hydroxylation is 1. The summed E-state index contributed by atoms with van der Waals surface area (Å²) in [5, 5.41) is 17.9. The Kier molecular flexibility index (Phi) is 2.75. The van der Waals surface area contributed by atoms with Crippen LogP contribution in [-0.4, -0.2) is 62.7 Å². The zero-order valence-electron chi connectivity index (χ0n) is 12.8. The molecule has 4 atom stereocenters. The Hall–Kier alpha value is -2.09. The summed E-state index contributed by atoms with van der Waals surface area (Å²) < 4.78 is 1.81. The summed E-state index contributed by atoms with van der Waals surface area (Å²) in [6, 6.07) is -0.240. The van der Waals surface area contributed by atoms with Gasteiger partial charge in [0.05, 0.1) is 30.3 Å². The van der Waals surface area contributed by atoms with E-state index < -0.39 is 0 Å². The van der Waals surface area contributed by atoms with Crippen LogP contribution in [0.1, 0.15) is 30.3 Å². The number of aliphatic hydroxyl groups excluding tert-OH is 1. The van der Waals surface area contributed by atoms with Crippen molar-refractivity contribution in [1.29, 1.82) is 0 Å². The number of carbonyl (C=O) groups excluding carboxylic acids is 1. The first-order chi connectivity index (χ1) is 10.5. The lowest BCUT2D eigenvalue weighted by molar-refractivity contribution is 0.0211. The van der Waals surface area contributed by atoms with Crippen LogP contribution < -0.4 is 0 Å². The van der Waals surface area contributed by atoms with Crippen LogP contribution in [-0.2, 0) is 11.9 Å². The third kappa shape index (κ3) is 1.53. The van der Waals surface area contributed by atoms with Gasteiger partial charge in [-0.15, -0.1) is 0 Å². The van der Waals surface area contributed by atoms with E-state index in [9.17, 15) is 9.90 Å². The molecule has 0 spiro atoms. The number of aliphatic hydroxyl groups is 1. The first-order valence-electron chi connectivity index (χ1n) is 7.44. The molecule has 1 saturated heterocycles. The summed E-state index contributed by atoms with van der Waals surface area (Å²) in [7, 11) is 3.70. The number of urea groups is 1. The number of nitrogens with zero attached hydrogens (tertiary/aromatic N) is 5. The van der Waals surface area contributed by atoms with Gasteiger partial charge in [-0.2, -0.15) is 5.10 Å². The Morgan fingerprint density at radius 3 is 2.91 bits per heavy atom. The average molecular weight is 305 g/mol. The van der Waals surface area contributed by atoms with E-state index in [1.807, 2.05) is 36.8 Å². The third-order valence-electron chi connectivity index (χ3n) is 5.11. The van der Waals surface area contributed by atoms with Gasteiger partial charge in [-0.25, -0.2) is 4.79 Å². The molecule has 4 heterocycles. The van der Waals surface area contributed by atoms with Gasteiger partial charge in [0.25, 0.3) is 0 Å². The standard InChI is InChI=1S/C14H19N5O3/c1-7-10(6-20)22-16-11(7)13-12-8(4-15-18(12)3)9-5-19(13)14(21)17(9)2/h4,7,9-10,13,20H,5-6H2,1-3H3/t7?,9-,10?,13+/m0/s1. The van der Waals surface area contributed by atoms with Crippen LogP contribution >= 0.6 is 0 Å². The molecule has 8 nitrogen and oxygen atoms in total. The number of carbonyl (C=O) groups is 1. The minimum absolute atomic E-state index is 0.00597. The van der Waals surface area contributed by atoms with Crippen molar-refractivity contribution in [3.8, 4) is 0 Å². The van der Waals surface area contributed by atoms with E-state index in [4.69, 9.17) is 4.84 Å². The van der Waals surface area contributed by atoms with Gasteiger partial charge in [-0.3, -0.25) is 4.68 Å². The predicted molar refractivity (Wildman–Crippen MR) is 77.1 cm³/mol. The second-order valence-electron chi connectivity index (χ2n) is 6.20. The molecule has 0 aromatic carbocycles. The summed E-state index contributed by atoms with van der Waals surface area (Å²) in [4.78, 5) is 21.5. The molecule has 0 aliphatic carbocycles. The molecule has 0 radical (unpaired) electrons. The largest absolute Gasteiger partial charge is 0.392 e. The van der Waals surface area contributed by atoms with Crippen LogP contribution in [0.5, 0.6) is 0 Å². The number of aromatic nitrogens is 2. The van der Waals surface area contributed by atoms with E-state index in [0.717, 1.165) is 17.0 Å². The molecule has 22 heavy (non-hydrogen) atoms. The lowest BCUT2D eigenvalue weighted by Gasteiger charge is -2.32. The first-order valence-corrected chi connectivity index (χ1v) is 7.44. The summed E-state index contributed by atoms with van der Waals surface area (Å²) in [6.07, 6.45) is 1.49. The van der Waals surface area contributed by atoms with Crippen LogP contribution in [0.4, 0.5) is 4.79 Å². The maximum Gasteiger partial charge on any atom is 0.321 e. The predicted octanol–water partition coefficient (Wildman–Crippen LogP) is 0.267. The molecular formula is C14H19N5O3. The van der Waals surface area contributed by atoms with Crippen molar-refractivity contribution in [2.45, 2.75) is 25.1 Å². The van der Waals surface area contributed by atoms with Crippen LogP contribution in [0.2, 0.25) is 0 Å². The van der Waals surface area contributed by atoms with Crippen molar-refractivity contribution in [2.75, 3.05) is 20.2 Å². The fourth-order valence-corrected chi connectivity index (χ4v) is 3.73. The lowest BCUT2D eigenvalue weighted by Crippen LogP contribution is -2.41. The van der Waals surface area contributed by atoms with Gasteiger partial charge in [0.2, 0.25) is 0 Å². The molecule has 2 amide bonds. The number of amides is 2. The number of hydrogen-bond donors (Lipinski definition) is 1. The molecule has 8 heteroatoms. The summed E-state index contributed by atoms with van der Waals surface area (Å²) in [6.45, 7) is 2.52. The topological polar surface area (TPSA) is 83.2 Å². The number of likely N-dealkylation sites (N-methyl/N-ethyl adjacent to an activating group) is 1. The average Bonchev–Trinajstić information content (AvgIpc) is 3.14. The molecule has 4 rings (SSSR count). The van der Waals surface area contributed by atoms with Gasteiger partial charge in [-0.05, 0) is 0 Å². The van der Waals surface area contributed by atoms with E-state index >= 15 is 0 Å². The number of rotatable bonds is 2. The monoisotopic (exact) mass is 305 g/mol. The van der Waals surface area contributed by atoms with Gasteiger partial charge in [0, 0.05) is 32.1 Å². The smallest absolute Gasteiger partial charge is 0.321 e. The van der Waals surface area contributed by atoms with Gasteiger partial charge in [0.1, 0.15) is 6.04 Å². The minimum Gasteiger partial charge on any atom is -0.392 e. The van der Waals surface area contributed by atoms with E-state index in [2.05, 4.69) is 10.3 Å². The lowest BCUT2D eigenvalue weighted by atomic mass is 9.87. The Morgan fingerprint density at radius 2 is 2.23 bits per heavy atom. The molecule has 1 aromatic heterocycles. The van der Waals surface area contributed by atoms with Gasteiger partial charge in [-0.1, -0.05) is 12.1 Å². The zero-order valence-corrected chi connectivity index (χ0v) is 12.8. The second-order valence-corrected chi connectivity index (χ2v) is 6.20. The molecule has 3 aliphatic rings. The van der Waals surface area contributed by atoms with Crippen molar-refractivity contribution in [3.05, 3.63) is 17.5 Å². The maximum absolute atomic E-state index is 12.6. The molecular weight excluding hydrogens is 286 g/mol. The van der Waals surface area contributed by atoms with E-state index in [1.54, 1.807) is 4.90 Å². The first kappa shape index (κ1) is 13.6. The zero-order chi connectivity index (χ0) is 15.6. The SMILES string of the molecule is CC1C([C@@H]2c3c(cnn3C)[C@@H]3CN2C(=O)N3C)=NOC1CO. The molecule has 1 fully saturated rings. The van der Waals surface area contributed by atoms with Crippen molar-refractivity contribution in [2.24, 2.45) is 18.1 Å². The Morgan fingerprint density at radius 1 is 1.45 bits per heavy atom. The highest BCUT2D eigenvalue weighted by Gasteiger charge is 2.51. The Balaban J connectivity index is 1.83. The minimum atomic E-state index is -0.347. The van der Waals surface area contributed by atoms with Crippen LogP contribution in [0.3, 0.4) is 0 Å². The molecule has 1 aromatic rings. The third-order valence-corrected chi connectivity index (χ3v) is 5.11. The van der Waals surface area contributed by atoms with Crippen molar-refractivity contribution in [3.63, 3.8) is 0 Å². The number of fused-ring (bicyclic) bond motifs is 4. The van der Waals surface area contributed by atoms with Crippen molar-refractivity contribution < 1.29 is 14.7 Å². The molecule has 2 unspecified atom stereocenters. The summed E-state index contributed by atoms with van der Waals surface area (Å²) in [5.41, 5.74) is 2.84. The summed E-state index contributed by atoms with van der Waals surface area (Å²) >= 11 is 0.